The quantitative estimate of drug-likeness (QED) is 0.630. The van der Waals surface area contributed by atoms with Gasteiger partial charge >= 0.3 is 0 Å². The number of hydrogen-bond donors (Lipinski definition) is 1. The van der Waals surface area contributed by atoms with Gasteiger partial charge in [0.15, 0.2) is 0 Å². The maximum atomic E-state index is 12.5. The number of benzene rings is 2. The van der Waals surface area contributed by atoms with Crippen LogP contribution in [-0.4, -0.2) is 25.9 Å². The second-order valence-corrected chi connectivity index (χ2v) is 6.91. The zero-order valence-electron chi connectivity index (χ0n) is 15.0. The van der Waals surface area contributed by atoms with E-state index in [1.807, 2.05) is 24.3 Å². The lowest BCUT2D eigenvalue weighted by Crippen LogP contribution is -2.22. The summed E-state index contributed by atoms with van der Waals surface area (Å²) in [5.74, 6) is 0.838. The van der Waals surface area contributed by atoms with Gasteiger partial charge in [0.05, 0.1) is 25.6 Å². The molecule has 0 bridgehead atoms. The minimum Gasteiger partial charge on any atom is -0.497 e. The van der Waals surface area contributed by atoms with Gasteiger partial charge in [-0.2, -0.15) is 0 Å². The normalized spacial score (nSPS) is 10.3. The summed E-state index contributed by atoms with van der Waals surface area (Å²) in [6.07, 6.45) is 0. The van der Waals surface area contributed by atoms with Gasteiger partial charge in [0, 0.05) is 22.1 Å². The molecule has 1 N–H and O–H groups in total. The van der Waals surface area contributed by atoms with E-state index in [9.17, 15) is 9.59 Å². The molecule has 3 aromatic rings. The van der Waals surface area contributed by atoms with E-state index in [1.165, 1.54) is 25.6 Å². The van der Waals surface area contributed by atoms with E-state index in [0.29, 0.717) is 34.0 Å². The summed E-state index contributed by atoms with van der Waals surface area (Å²) in [4.78, 5) is 26.4. The number of methoxy groups -OCH3 is 2. The molecular formula is C21H19NO4S. The first-order valence-electron chi connectivity index (χ1n) is 8.30. The van der Waals surface area contributed by atoms with E-state index in [0.717, 1.165) is 4.88 Å². The number of carbonyl (C=O) groups excluding carboxylic acids is 2. The van der Waals surface area contributed by atoms with Crippen molar-refractivity contribution in [3.8, 4) is 11.5 Å². The lowest BCUT2D eigenvalue weighted by molar-refractivity contribution is 0.0950. The van der Waals surface area contributed by atoms with Gasteiger partial charge in [-0.1, -0.05) is 30.3 Å². The molecule has 0 saturated heterocycles. The molecule has 5 nitrogen and oxygen atoms in total. The van der Waals surface area contributed by atoms with E-state index in [-0.39, 0.29) is 11.7 Å². The molecule has 6 heteroatoms. The van der Waals surface area contributed by atoms with E-state index >= 15 is 0 Å². The smallest absolute Gasteiger partial charge is 0.251 e. The minimum absolute atomic E-state index is 0.0179. The highest BCUT2D eigenvalue weighted by molar-refractivity contribution is 7.14. The van der Waals surface area contributed by atoms with Gasteiger partial charge in [0.1, 0.15) is 11.5 Å². The van der Waals surface area contributed by atoms with Gasteiger partial charge in [-0.15, -0.1) is 11.3 Å². The Morgan fingerprint density at radius 1 is 0.889 bits per heavy atom. The Kier molecular flexibility index (Phi) is 5.88. The van der Waals surface area contributed by atoms with Crippen molar-refractivity contribution in [3.63, 3.8) is 0 Å². The predicted molar refractivity (Wildman–Crippen MR) is 105 cm³/mol. The summed E-state index contributed by atoms with van der Waals surface area (Å²) in [5.41, 5.74) is 1.10. The zero-order chi connectivity index (χ0) is 19.2. The molecule has 0 fully saturated rings. The summed E-state index contributed by atoms with van der Waals surface area (Å²) in [6, 6.07) is 17.8. The first-order valence-corrected chi connectivity index (χ1v) is 9.12. The first kappa shape index (κ1) is 18.7. The standard InChI is InChI=1S/C21H19NO4S/c1-25-16-10-15(11-17(12-16)26-2)21(24)22-13-18-8-9-19(27-18)20(23)14-6-4-3-5-7-14/h3-12H,13H2,1-2H3,(H,22,24). The molecule has 2 aromatic carbocycles. The van der Waals surface area contributed by atoms with Gasteiger partial charge in [-0.3, -0.25) is 9.59 Å². The fourth-order valence-corrected chi connectivity index (χ4v) is 3.44. The highest BCUT2D eigenvalue weighted by Crippen LogP contribution is 2.23. The van der Waals surface area contributed by atoms with Crippen LogP contribution in [0.25, 0.3) is 0 Å². The lowest BCUT2D eigenvalue weighted by atomic mass is 10.1. The van der Waals surface area contributed by atoms with Crippen LogP contribution in [-0.2, 0) is 6.54 Å². The molecule has 0 saturated carbocycles. The average molecular weight is 381 g/mol. The molecule has 1 aromatic heterocycles. The molecule has 0 radical (unpaired) electrons. The molecule has 138 valence electrons. The molecule has 3 rings (SSSR count). The maximum absolute atomic E-state index is 12.5. The molecule has 1 heterocycles. The van der Waals surface area contributed by atoms with Crippen LogP contribution in [0.15, 0.2) is 60.7 Å². The number of amides is 1. The van der Waals surface area contributed by atoms with Crippen LogP contribution < -0.4 is 14.8 Å². The van der Waals surface area contributed by atoms with Crippen LogP contribution >= 0.6 is 11.3 Å². The summed E-state index contributed by atoms with van der Waals surface area (Å²) >= 11 is 1.37. The number of nitrogens with one attached hydrogen (secondary N) is 1. The number of hydrogen-bond acceptors (Lipinski definition) is 5. The van der Waals surface area contributed by atoms with E-state index in [2.05, 4.69) is 5.32 Å². The number of ether oxygens (including phenoxy) is 2. The monoisotopic (exact) mass is 381 g/mol. The number of rotatable bonds is 7. The van der Waals surface area contributed by atoms with Crippen molar-refractivity contribution in [2.24, 2.45) is 0 Å². The van der Waals surface area contributed by atoms with Gasteiger partial charge in [0.25, 0.3) is 5.91 Å². The van der Waals surface area contributed by atoms with Crippen molar-refractivity contribution in [1.29, 1.82) is 0 Å². The Hall–Kier alpha value is -3.12. The summed E-state index contributed by atoms with van der Waals surface area (Å²) in [6.45, 7) is 0.338. The third kappa shape index (κ3) is 4.54. The van der Waals surface area contributed by atoms with Gasteiger partial charge in [0.2, 0.25) is 5.78 Å². The van der Waals surface area contributed by atoms with Crippen molar-refractivity contribution >= 4 is 23.0 Å². The van der Waals surface area contributed by atoms with E-state index in [4.69, 9.17) is 9.47 Å². The predicted octanol–water partition coefficient (Wildman–Crippen LogP) is 3.93. The topological polar surface area (TPSA) is 64.6 Å². The highest BCUT2D eigenvalue weighted by Gasteiger charge is 2.13. The second-order valence-electron chi connectivity index (χ2n) is 5.75. The fourth-order valence-electron chi connectivity index (χ4n) is 2.53. The van der Waals surface area contributed by atoms with Crippen LogP contribution in [0.1, 0.15) is 30.5 Å². The number of thiophene rings is 1. The van der Waals surface area contributed by atoms with Crippen molar-refractivity contribution in [2.75, 3.05) is 14.2 Å². The molecule has 1 amide bonds. The van der Waals surface area contributed by atoms with Crippen molar-refractivity contribution in [2.45, 2.75) is 6.54 Å². The molecule has 0 aliphatic carbocycles. The average Bonchev–Trinajstić information content (AvgIpc) is 3.20. The summed E-state index contributed by atoms with van der Waals surface area (Å²) in [7, 11) is 3.07. The van der Waals surface area contributed by atoms with Gasteiger partial charge < -0.3 is 14.8 Å². The molecule has 0 unspecified atom stereocenters. The third-order valence-electron chi connectivity index (χ3n) is 3.96. The van der Waals surface area contributed by atoms with Crippen LogP contribution in [0.2, 0.25) is 0 Å². The Labute approximate surface area is 161 Å². The highest BCUT2D eigenvalue weighted by atomic mass is 32.1. The second kappa shape index (κ2) is 8.51. The Bertz CT molecular complexity index is 928. The van der Waals surface area contributed by atoms with E-state index in [1.54, 1.807) is 36.4 Å². The molecule has 0 aliphatic rings. The molecular weight excluding hydrogens is 362 g/mol. The summed E-state index contributed by atoms with van der Waals surface area (Å²) in [5, 5.41) is 2.86. The van der Waals surface area contributed by atoms with Crippen molar-refractivity contribution in [1.82, 2.24) is 5.32 Å². The molecule has 27 heavy (non-hydrogen) atoms. The number of ketones is 1. The Balaban J connectivity index is 1.66. The van der Waals surface area contributed by atoms with E-state index < -0.39 is 0 Å². The molecule has 0 atom stereocenters. The van der Waals surface area contributed by atoms with Gasteiger partial charge in [-0.25, -0.2) is 0 Å². The lowest BCUT2D eigenvalue weighted by Gasteiger charge is -2.08. The van der Waals surface area contributed by atoms with Crippen molar-refractivity contribution in [3.05, 3.63) is 81.5 Å². The zero-order valence-corrected chi connectivity index (χ0v) is 15.8. The Morgan fingerprint density at radius 2 is 1.56 bits per heavy atom. The number of carbonyl (C=O) groups is 2. The van der Waals surface area contributed by atoms with Gasteiger partial charge in [-0.05, 0) is 24.3 Å². The molecule has 0 aliphatic heterocycles. The minimum atomic E-state index is -0.239. The van der Waals surface area contributed by atoms with Crippen LogP contribution in [0.5, 0.6) is 11.5 Å². The summed E-state index contributed by atoms with van der Waals surface area (Å²) < 4.78 is 10.4. The van der Waals surface area contributed by atoms with Crippen LogP contribution in [0.4, 0.5) is 0 Å². The maximum Gasteiger partial charge on any atom is 0.251 e. The first-order chi connectivity index (χ1) is 13.1. The Morgan fingerprint density at radius 3 is 2.19 bits per heavy atom. The van der Waals surface area contributed by atoms with Crippen LogP contribution in [0.3, 0.4) is 0 Å². The molecule has 0 spiro atoms. The SMILES string of the molecule is COc1cc(OC)cc(C(=O)NCc2ccc(C(=O)c3ccccc3)s2)c1. The van der Waals surface area contributed by atoms with Crippen LogP contribution in [0, 0.1) is 0 Å². The third-order valence-corrected chi connectivity index (χ3v) is 5.04. The van der Waals surface area contributed by atoms with Crippen molar-refractivity contribution < 1.29 is 19.1 Å². The largest absolute Gasteiger partial charge is 0.497 e. The fraction of sp³-hybridized carbons (Fsp3) is 0.143.